The number of pyridine rings is 1. The highest BCUT2D eigenvalue weighted by molar-refractivity contribution is 5.51. The smallest absolute Gasteiger partial charge is 0.0608 e. The molecule has 1 fully saturated rings. The minimum absolute atomic E-state index is 0.620. The van der Waals surface area contributed by atoms with Crippen LogP contribution in [0.15, 0.2) is 12.1 Å². The Hall–Kier alpha value is -1.09. The summed E-state index contributed by atoms with van der Waals surface area (Å²) >= 11 is 0. The maximum absolute atomic E-state index is 4.54. The summed E-state index contributed by atoms with van der Waals surface area (Å²) in [6.07, 6.45) is 1.19. The zero-order chi connectivity index (χ0) is 11.5. The summed E-state index contributed by atoms with van der Waals surface area (Å²) < 4.78 is 0. The molecule has 1 unspecified atom stereocenters. The van der Waals surface area contributed by atoms with Gasteiger partial charge in [-0.25, -0.2) is 0 Å². The predicted molar refractivity (Wildman–Crippen MR) is 68.0 cm³/mol. The Bertz CT molecular complexity index is 362. The van der Waals surface area contributed by atoms with Crippen LogP contribution in [0.2, 0.25) is 0 Å². The number of hydrogen-bond donors (Lipinski definition) is 1. The van der Waals surface area contributed by atoms with E-state index in [9.17, 15) is 0 Å². The first-order valence-electron chi connectivity index (χ1n) is 6.13. The van der Waals surface area contributed by atoms with Crippen LogP contribution in [0, 0.1) is 13.8 Å². The monoisotopic (exact) mass is 219 g/mol. The molecule has 2 heterocycles. The summed E-state index contributed by atoms with van der Waals surface area (Å²) in [7, 11) is 0. The first-order chi connectivity index (χ1) is 7.70. The molecular formula is C13H21N3. The fourth-order valence-corrected chi connectivity index (χ4v) is 2.33. The molecule has 0 bridgehead atoms. The maximum atomic E-state index is 4.54. The van der Waals surface area contributed by atoms with Gasteiger partial charge in [0.2, 0.25) is 0 Å². The molecule has 3 nitrogen and oxygen atoms in total. The number of aryl methyl sites for hydroxylation is 2. The zero-order valence-corrected chi connectivity index (χ0v) is 10.5. The number of rotatable bonds is 2. The summed E-state index contributed by atoms with van der Waals surface area (Å²) in [6, 6.07) is 4.93. The molecule has 0 aliphatic carbocycles. The van der Waals surface area contributed by atoms with Crippen LogP contribution in [0.25, 0.3) is 0 Å². The van der Waals surface area contributed by atoms with Gasteiger partial charge in [0.05, 0.1) is 11.4 Å². The second-order valence-electron chi connectivity index (χ2n) is 4.56. The standard InChI is InChI=1S/C13H21N3/c1-4-12-9-16(8-7-14-12)13-6-5-10(2)15-11(13)3/h5-6,12,14H,4,7-9H2,1-3H3. The molecule has 3 heteroatoms. The fraction of sp³-hybridized carbons (Fsp3) is 0.615. The van der Waals surface area contributed by atoms with E-state index in [2.05, 4.69) is 41.2 Å². The van der Waals surface area contributed by atoms with Gasteiger partial charge in [0.1, 0.15) is 0 Å². The highest BCUT2D eigenvalue weighted by Crippen LogP contribution is 2.20. The van der Waals surface area contributed by atoms with Gasteiger partial charge in [-0.2, -0.15) is 0 Å². The average Bonchev–Trinajstić information content (AvgIpc) is 2.29. The number of hydrogen-bond acceptors (Lipinski definition) is 3. The lowest BCUT2D eigenvalue weighted by atomic mass is 10.1. The number of anilines is 1. The van der Waals surface area contributed by atoms with Gasteiger partial charge >= 0.3 is 0 Å². The molecule has 0 amide bonds. The molecule has 2 rings (SSSR count). The van der Waals surface area contributed by atoms with E-state index < -0.39 is 0 Å². The van der Waals surface area contributed by atoms with Crippen LogP contribution in [0.4, 0.5) is 5.69 Å². The quantitative estimate of drug-likeness (QED) is 0.823. The minimum atomic E-state index is 0.620. The lowest BCUT2D eigenvalue weighted by molar-refractivity contribution is 0.446. The van der Waals surface area contributed by atoms with Crippen LogP contribution >= 0.6 is 0 Å². The van der Waals surface area contributed by atoms with Gasteiger partial charge < -0.3 is 10.2 Å². The zero-order valence-electron chi connectivity index (χ0n) is 10.5. The Balaban J connectivity index is 2.16. The second-order valence-corrected chi connectivity index (χ2v) is 4.56. The van der Waals surface area contributed by atoms with E-state index in [0.29, 0.717) is 6.04 Å². The topological polar surface area (TPSA) is 28.2 Å². The van der Waals surface area contributed by atoms with E-state index in [0.717, 1.165) is 31.0 Å². The molecule has 1 aliphatic heterocycles. The second kappa shape index (κ2) is 4.83. The highest BCUT2D eigenvalue weighted by atomic mass is 15.2. The van der Waals surface area contributed by atoms with E-state index in [1.807, 2.05) is 6.92 Å². The largest absolute Gasteiger partial charge is 0.367 e. The first-order valence-corrected chi connectivity index (χ1v) is 6.13. The van der Waals surface area contributed by atoms with E-state index in [1.54, 1.807) is 0 Å². The Morgan fingerprint density at radius 2 is 2.25 bits per heavy atom. The molecule has 16 heavy (non-hydrogen) atoms. The Morgan fingerprint density at radius 3 is 2.94 bits per heavy atom. The number of aromatic nitrogens is 1. The molecule has 1 atom stereocenters. The molecular weight excluding hydrogens is 198 g/mol. The normalized spacial score (nSPS) is 21.2. The van der Waals surface area contributed by atoms with Crippen molar-refractivity contribution in [2.75, 3.05) is 24.5 Å². The Kier molecular flexibility index (Phi) is 3.44. The minimum Gasteiger partial charge on any atom is -0.367 e. The van der Waals surface area contributed by atoms with Crippen molar-refractivity contribution in [2.45, 2.75) is 33.2 Å². The molecule has 1 saturated heterocycles. The molecule has 1 aliphatic rings. The first kappa shape index (κ1) is 11.4. The number of piperazine rings is 1. The SMILES string of the molecule is CCC1CN(c2ccc(C)nc2C)CCN1. The molecule has 0 spiro atoms. The number of nitrogens with zero attached hydrogens (tertiary/aromatic N) is 2. The van der Waals surface area contributed by atoms with Crippen LogP contribution in [0.3, 0.4) is 0 Å². The van der Waals surface area contributed by atoms with Gasteiger partial charge in [0.15, 0.2) is 0 Å². The van der Waals surface area contributed by atoms with Crippen LogP contribution in [-0.2, 0) is 0 Å². The van der Waals surface area contributed by atoms with Crippen molar-refractivity contribution in [2.24, 2.45) is 0 Å². The molecule has 0 aromatic carbocycles. The fourth-order valence-electron chi connectivity index (χ4n) is 2.33. The third-order valence-corrected chi connectivity index (χ3v) is 3.29. The predicted octanol–water partition coefficient (Wildman–Crippen LogP) is 1.89. The summed E-state index contributed by atoms with van der Waals surface area (Å²) in [4.78, 5) is 6.99. The molecule has 0 radical (unpaired) electrons. The van der Waals surface area contributed by atoms with Crippen molar-refractivity contribution >= 4 is 5.69 Å². The van der Waals surface area contributed by atoms with Gasteiger partial charge in [-0.1, -0.05) is 6.92 Å². The van der Waals surface area contributed by atoms with Gasteiger partial charge in [-0.15, -0.1) is 0 Å². The van der Waals surface area contributed by atoms with E-state index in [4.69, 9.17) is 0 Å². The molecule has 0 saturated carbocycles. The maximum Gasteiger partial charge on any atom is 0.0608 e. The number of nitrogens with one attached hydrogen (secondary N) is 1. The van der Waals surface area contributed by atoms with Crippen molar-refractivity contribution in [1.29, 1.82) is 0 Å². The molecule has 1 N–H and O–H groups in total. The Labute approximate surface area is 97.9 Å². The average molecular weight is 219 g/mol. The van der Waals surface area contributed by atoms with Crippen molar-refractivity contribution in [1.82, 2.24) is 10.3 Å². The van der Waals surface area contributed by atoms with Crippen LogP contribution in [0.5, 0.6) is 0 Å². The molecule has 1 aromatic rings. The summed E-state index contributed by atoms with van der Waals surface area (Å²) in [5, 5.41) is 3.54. The lowest BCUT2D eigenvalue weighted by Gasteiger charge is -2.35. The van der Waals surface area contributed by atoms with E-state index >= 15 is 0 Å². The highest BCUT2D eigenvalue weighted by Gasteiger charge is 2.19. The Morgan fingerprint density at radius 1 is 1.44 bits per heavy atom. The van der Waals surface area contributed by atoms with Crippen molar-refractivity contribution in [3.8, 4) is 0 Å². The van der Waals surface area contributed by atoms with Crippen molar-refractivity contribution < 1.29 is 0 Å². The van der Waals surface area contributed by atoms with Gasteiger partial charge in [0.25, 0.3) is 0 Å². The molecule has 88 valence electrons. The molecule has 1 aromatic heterocycles. The summed E-state index contributed by atoms with van der Waals surface area (Å²) in [5.74, 6) is 0. The lowest BCUT2D eigenvalue weighted by Crippen LogP contribution is -2.50. The van der Waals surface area contributed by atoms with Crippen LogP contribution in [-0.4, -0.2) is 30.7 Å². The van der Waals surface area contributed by atoms with Crippen LogP contribution in [0.1, 0.15) is 24.7 Å². The van der Waals surface area contributed by atoms with Crippen molar-refractivity contribution in [3.05, 3.63) is 23.5 Å². The van der Waals surface area contributed by atoms with Crippen LogP contribution < -0.4 is 10.2 Å². The summed E-state index contributed by atoms with van der Waals surface area (Å²) in [5.41, 5.74) is 3.55. The van der Waals surface area contributed by atoms with E-state index in [1.165, 1.54) is 12.1 Å². The van der Waals surface area contributed by atoms with Gasteiger partial charge in [0, 0.05) is 31.4 Å². The van der Waals surface area contributed by atoms with Crippen molar-refractivity contribution in [3.63, 3.8) is 0 Å². The summed E-state index contributed by atoms with van der Waals surface area (Å²) in [6.45, 7) is 9.64. The third-order valence-electron chi connectivity index (χ3n) is 3.29. The van der Waals surface area contributed by atoms with E-state index in [-0.39, 0.29) is 0 Å². The van der Waals surface area contributed by atoms with Gasteiger partial charge in [-0.05, 0) is 32.4 Å². The third kappa shape index (κ3) is 2.35. The van der Waals surface area contributed by atoms with Gasteiger partial charge in [-0.3, -0.25) is 4.98 Å².